The largest absolute Gasteiger partial charge is 0.294 e. The fraction of sp³-hybridized carbons (Fsp3) is 1.00. The normalized spacial score (nSPS) is 34.5. The highest BCUT2D eigenvalue weighted by Crippen LogP contribution is 2.36. The number of hydrogen-bond donors (Lipinski definition) is 0. The summed E-state index contributed by atoms with van der Waals surface area (Å²) in [6.45, 7) is 2.46. The van der Waals surface area contributed by atoms with Crippen molar-refractivity contribution in [2.75, 3.05) is 0 Å². The predicted octanol–water partition coefficient (Wildman–Crippen LogP) is 5.53. The Kier molecular flexibility index (Phi) is 5.42. The second-order valence-electron chi connectivity index (χ2n) is 7.94. The lowest BCUT2D eigenvalue weighted by atomic mass is 9.81. The SMILES string of the molecule is CC1CCC(N(C2CCCCC2)C2CCCCC2)CC1. The Bertz CT molecular complexity index is 249. The first kappa shape index (κ1) is 14.9. The van der Waals surface area contributed by atoms with Gasteiger partial charge in [-0.05, 0) is 57.3 Å². The average molecular weight is 277 g/mol. The molecule has 0 spiro atoms. The highest BCUT2D eigenvalue weighted by molar-refractivity contribution is 4.90. The molecule has 0 aromatic heterocycles. The van der Waals surface area contributed by atoms with Crippen LogP contribution in [0.5, 0.6) is 0 Å². The highest BCUT2D eigenvalue weighted by atomic mass is 15.2. The molecule has 3 rings (SSSR count). The van der Waals surface area contributed by atoms with Crippen molar-refractivity contribution in [3.8, 4) is 0 Å². The summed E-state index contributed by atoms with van der Waals surface area (Å²) in [4.78, 5) is 3.09. The minimum Gasteiger partial charge on any atom is -0.294 e. The van der Waals surface area contributed by atoms with Gasteiger partial charge < -0.3 is 0 Å². The first-order chi connectivity index (χ1) is 9.84. The van der Waals surface area contributed by atoms with Gasteiger partial charge in [0.2, 0.25) is 0 Å². The monoisotopic (exact) mass is 277 g/mol. The van der Waals surface area contributed by atoms with Gasteiger partial charge in [0.1, 0.15) is 0 Å². The molecule has 0 N–H and O–H groups in total. The zero-order chi connectivity index (χ0) is 13.8. The maximum absolute atomic E-state index is 3.09. The van der Waals surface area contributed by atoms with E-state index < -0.39 is 0 Å². The van der Waals surface area contributed by atoms with Crippen molar-refractivity contribution in [3.05, 3.63) is 0 Å². The van der Waals surface area contributed by atoms with Gasteiger partial charge in [0.05, 0.1) is 0 Å². The van der Waals surface area contributed by atoms with E-state index in [-0.39, 0.29) is 0 Å². The first-order valence-electron chi connectivity index (χ1n) is 9.62. The molecular formula is C19H35N. The van der Waals surface area contributed by atoms with Crippen LogP contribution >= 0.6 is 0 Å². The summed E-state index contributed by atoms with van der Waals surface area (Å²) in [7, 11) is 0. The Morgan fingerprint density at radius 1 is 0.500 bits per heavy atom. The molecule has 3 saturated carbocycles. The molecule has 0 aromatic carbocycles. The molecule has 0 atom stereocenters. The van der Waals surface area contributed by atoms with E-state index in [0.717, 1.165) is 24.0 Å². The molecule has 3 fully saturated rings. The van der Waals surface area contributed by atoms with E-state index in [1.54, 1.807) is 0 Å². The summed E-state index contributed by atoms with van der Waals surface area (Å²) in [6, 6.07) is 2.84. The smallest absolute Gasteiger partial charge is 0.0101 e. The van der Waals surface area contributed by atoms with Crippen molar-refractivity contribution in [1.29, 1.82) is 0 Å². The maximum atomic E-state index is 3.09. The summed E-state index contributed by atoms with van der Waals surface area (Å²) < 4.78 is 0. The van der Waals surface area contributed by atoms with Gasteiger partial charge in [0.15, 0.2) is 0 Å². The lowest BCUT2D eigenvalue weighted by Gasteiger charge is -2.48. The highest BCUT2D eigenvalue weighted by Gasteiger charge is 2.35. The molecule has 0 bridgehead atoms. The summed E-state index contributed by atoms with van der Waals surface area (Å²) in [5.41, 5.74) is 0. The third-order valence-electron chi connectivity index (χ3n) is 6.40. The second-order valence-corrected chi connectivity index (χ2v) is 7.94. The first-order valence-corrected chi connectivity index (χ1v) is 9.62. The van der Waals surface area contributed by atoms with Crippen LogP contribution in [-0.4, -0.2) is 23.0 Å². The predicted molar refractivity (Wildman–Crippen MR) is 87.0 cm³/mol. The van der Waals surface area contributed by atoms with Crippen molar-refractivity contribution in [2.45, 2.75) is 115 Å². The second kappa shape index (κ2) is 7.29. The van der Waals surface area contributed by atoms with Gasteiger partial charge in [0.25, 0.3) is 0 Å². The number of hydrogen-bond acceptors (Lipinski definition) is 1. The molecule has 0 unspecified atom stereocenters. The minimum atomic E-state index is 0.942. The fourth-order valence-electron chi connectivity index (χ4n) is 5.19. The van der Waals surface area contributed by atoms with Crippen LogP contribution in [0.15, 0.2) is 0 Å². The van der Waals surface area contributed by atoms with Crippen LogP contribution in [0, 0.1) is 5.92 Å². The molecule has 0 aliphatic heterocycles. The van der Waals surface area contributed by atoms with Gasteiger partial charge in [0, 0.05) is 18.1 Å². The Hall–Kier alpha value is -0.0400. The summed E-state index contributed by atoms with van der Waals surface area (Å²) in [5, 5.41) is 0. The van der Waals surface area contributed by atoms with E-state index >= 15 is 0 Å². The van der Waals surface area contributed by atoms with Crippen molar-refractivity contribution >= 4 is 0 Å². The van der Waals surface area contributed by atoms with E-state index in [4.69, 9.17) is 0 Å². The molecule has 3 aliphatic carbocycles. The van der Waals surface area contributed by atoms with E-state index in [9.17, 15) is 0 Å². The zero-order valence-corrected chi connectivity index (χ0v) is 13.7. The van der Waals surface area contributed by atoms with Crippen LogP contribution in [0.2, 0.25) is 0 Å². The number of nitrogens with zero attached hydrogens (tertiary/aromatic N) is 1. The summed E-state index contributed by atoms with van der Waals surface area (Å²) >= 11 is 0. The molecule has 0 aromatic rings. The average Bonchev–Trinajstić information content (AvgIpc) is 2.52. The fourth-order valence-corrected chi connectivity index (χ4v) is 5.19. The molecule has 116 valence electrons. The van der Waals surface area contributed by atoms with Gasteiger partial charge >= 0.3 is 0 Å². The molecule has 3 aliphatic rings. The van der Waals surface area contributed by atoms with Crippen LogP contribution in [0.3, 0.4) is 0 Å². The molecule has 20 heavy (non-hydrogen) atoms. The summed E-state index contributed by atoms with van der Waals surface area (Å²) in [5.74, 6) is 0.991. The van der Waals surface area contributed by atoms with Crippen molar-refractivity contribution in [2.24, 2.45) is 5.92 Å². The summed E-state index contributed by atoms with van der Waals surface area (Å²) in [6.07, 6.45) is 21.0. The van der Waals surface area contributed by atoms with Gasteiger partial charge in [-0.2, -0.15) is 0 Å². The van der Waals surface area contributed by atoms with Crippen molar-refractivity contribution < 1.29 is 0 Å². The van der Waals surface area contributed by atoms with Crippen molar-refractivity contribution in [3.63, 3.8) is 0 Å². The maximum Gasteiger partial charge on any atom is 0.0101 e. The zero-order valence-electron chi connectivity index (χ0n) is 13.7. The van der Waals surface area contributed by atoms with E-state index in [1.807, 2.05) is 0 Å². The van der Waals surface area contributed by atoms with Crippen molar-refractivity contribution in [1.82, 2.24) is 4.90 Å². The quantitative estimate of drug-likeness (QED) is 0.655. The Balaban J connectivity index is 1.68. The standard InChI is InChI=1S/C19H35N/c1-16-12-14-19(15-13-16)20(17-8-4-2-5-9-17)18-10-6-3-7-11-18/h16-19H,2-15H2,1H3. The molecule has 0 radical (unpaired) electrons. The Morgan fingerprint density at radius 3 is 1.35 bits per heavy atom. The van der Waals surface area contributed by atoms with Gasteiger partial charge in [-0.25, -0.2) is 0 Å². The topological polar surface area (TPSA) is 3.24 Å². The third-order valence-corrected chi connectivity index (χ3v) is 6.40. The molecule has 0 saturated heterocycles. The van der Waals surface area contributed by atoms with E-state index in [0.29, 0.717) is 0 Å². The molecule has 0 heterocycles. The molecule has 1 heteroatoms. The van der Waals surface area contributed by atoms with Gasteiger partial charge in [-0.3, -0.25) is 4.90 Å². The Labute approximate surface area is 126 Å². The molecule has 0 amide bonds. The molecule has 1 nitrogen and oxygen atoms in total. The van der Waals surface area contributed by atoms with Crippen LogP contribution in [0.25, 0.3) is 0 Å². The lowest BCUT2D eigenvalue weighted by molar-refractivity contribution is 0.0167. The molecular weight excluding hydrogens is 242 g/mol. The lowest BCUT2D eigenvalue weighted by Crippen LogP contribution is -2.51. The third kappa shape index (κ3) is 3.59. The van der Waals surface area contributed by atoms with Crippen LogP contribution in [0.4, 0.5) is 0 Å². The van der Waals surface area contributed by atoms with E-state index in [1.165, 1.54) is 89.9 Å². The van der Waals surface area contributed by atoms with Crippen LogP contribution in [-0.2, 0) is 0 Å². The van der Waals surface area contributed by atoms with Gasteiger partial charge in [-0.15, -0.1) is 0 Å². The Morgan fingerprint density at radius 2 is 0.900 bits per heavy atom. The van der Waals surface area contributed by atoms with Gasteiger partial charge in [-0.1, -0.05) is 45.4 Å². The van der Waals surface area contributed by atoms with Crippen LogP contribution in [0.1, 0.15) is 96.8 Å². The number of rotatable bonds is 3. The minimum absolute atomic E-state index is 0.942. The van der Waals surface area contributed by atoms with E-state index in [2.05, 4.69) is 11.8 Å². The van der Waals surface area contributed by atoms with Crippen LogP contribution < -0.4 is 0 Å².